The van der Waals surface area contributed by atoms with Crippen LogP contribution in [0.2, 0.25) is 0 Å². The molecule has 0 bridgehead atoms. The van der Waals surface area contributed by atoms with Crippen LogP contribution >= 0.6 is 0 Å². The van der Waals surface area contributed by atoms with Crippen molar-refractivity contribution in [2.75, 3.05) is 37.7 Å². The summed E-state index contributed by atoms with van der Waals surface area (Å²) in [7, 11) is 0. The lowest BCUT2D eigenvalue weighted by Gasteiger charge is -2.35. The number of para-hydroxylation sites is 1. The normalized spacial score (nSPS) is 26.5. The maximum Gasteiger partial charge on any atom is 0.0526 e. The van der Waals surface area contributed by atoms with Crippen LogP contribution in [0.25, 0.3) is 0 Å². The van der Waals surface area contributed by atoms with Gasteiger partial charge in [-0.1, -0.05) is 25.1 Å². The molecule has 0 amide bonds. The smallest absolute Gasteiger partial charge is 0.0526 e. The van der Waals surface area contributed by atoms with E-state index in [-0.39, 0.29) is 0 Å². The van der Waals surface area contributed by atoms with Gasteiger partial charge in [0.05, 0.1) is 6.61 Å². The zero-order chi connectivity index (χ0) is 13.1. The Balaban J connectivity index is 1.67. The van der Waals surface area contributed by atoms with Crippen molar-refractivity contribution in [3.63, 3.8) is 0 Å². The van der Waals surface area contributed by atoms with E-state index < -0.39 is 0 Å². The van der Waals surface area contributed by atoms with Gasteiger partial charge in [-0.05, 0) is 31.0 Å². The van der Waals surface area contributed by atoms with Crippen LogP contribution in [-0.4, -0.2) is 38.9 Å². The topological polar surface area (TPSA) is 24.5 Å². The highest BCUT2D eigenvalue weighted by atomic mass is 16.5. The van der Waals surface area contributed by atoms with Gasteiger partial charge < -0.3 is 15.0 Å². The van der Waals surface area contributed by atoms with E-state index >= 15 is 0 Å². The molecule has 1 aromatic carbocycles. The van der Waals surface area contributed by atoms with Gasteiger partial charge in [-0.15, -0.1) is 0 Å². The van der Waals surface area contributed by atoms with Crippen molar-refractivity contribution < 1.29 is 4.74 Å². The third-order valence-corrected chi connectivity index (χ3v) is 4.38. The molecule has 19 heavy (non-hydrogen) atoms. The lowest BCUT2D eigenvalue weighted by molar-refractivity contribution is 0.0353. The van der Waals surface area contributed by atoms with Crippen molar-refractivity contribution in [1.82, 2.24) is 5.32 Å². The Labute approximate surface area is 115 Å². The minimum Gasteiger partial charge on any atom is -0.381 e. The van der Waals surface area contributed by atoms with Crippen molar-refractivity contribution in [2.45, 2.75) is 25.8 Å². The summed E-state index contributed by atoms with van der Waals surface area (Å²) in [5.74, 6) is 0.611. The van der Waals surface area contributed by atoms with E-state index in [4.69, 9.17) is 4.74 Å². The molecule has 0 saturated carbocycles. The van der Waals surface area contributed by atoms with Gasteiger partial charge in [0.15, 0.2) is 0 Å². The SMILES string of the molecule is CCNC1CCOCC1CN1CCc2ccccc21. The molecule has 2 atom stereocenters. The molecule has 0 radical (unpaired) electrons. The van der Waals surface area contributed by atoms with E-state index in [1.807, 2.05) is 0 Å². The second-order valence-electron chi connectivity index (χ2n) is 5.61. The van der Waals surface area contributed by atoms with Crippen LogP contribution in [0.15, 0.2) is 24.3 Å². The second kappa shape index (κ2) is 5.93. The first kappa shape index (κ1) is 12.9. The molecule has 3 rings (SSSR count). The van der Waals surface area contributed by atoms with Crippen LogP contribution in [0.1, 0.15) is 18.9 Å². The van der Waals surface area contributed by atoms with Gasteiger partial charge >= 0.3 is 0 Å². The summed E-state index contributed by atoms with van der Waals surface area (Å²) >= 11 is 0. The maximum absolute atomic E-state index is 5.69. The highest BCUT2D eigenvalue weighted by molar-refractivity contribution is 5.57. The summed E-state index contributed by atoms with van der Waals surface area (Å²) in [5, 5.41) is 3.63. The first-order chi connectivity index (χ1) is 9.38. The molecule has 2 aliphatic rings. The number of hydrogen-bond acceptors (Lipinski definition) is 3. The van der Waals surface area contributed by atoms with Gasteiger partial charge in [-0.3, -0.25) is 0 Å². The van der Waals surface area contributed by atoms with Crippen molar-refractivity contribution in [3.8, 4) is 0 Å². The predicted molar refractivity (Wildman–Crippen MR) is 78.7 cm³/mol. The van der Waals surface area contributed by atoms with Crippen LogP contribution in [0.5, 0.6) is 0 Å². The molecule has 3 heteroatoms. The van der Waals surface area contributed by atoms with Gasteiger partial charge in [-0.2, -0.15) is 0 Å². The number of rotatable bonds is 4. The Kier molecular flexibility index (Phi) is 4.04. The third kappa shape index (κ3) is 2.77. The van der Waals surface area contributed by atoms with Crippen molar-refractivity contribution in [2.24, 2.45) is 5.92 Å². The van der Waals surface area contributed by atoms with E-state index in [0.717, 1.165) is 39.3 Å². The van der Waals surface area contributed by atoms with E-state index in [0.29, 0.717) is 12.0 Å². The van der Waals surface area contributed by atoms with Gasteiger partial charge in [0.1, 0.15) is 0 Å². The molecule has 0 aliphatic carbocycles. The zero-order valence-corrected chi connectivity index (χ0v) is 11.8. The van der Waals surface area contributed by atoms with Crippen molar-refractivity contribution >= 4 is 5.69 Å². The van der Waals surface area contributed by atoms with Gasteiger partial charge in [0.25, 0.3) is 0 Å². The zero-order valence-electron chi connectivity index (χ0n) is 11.8. The number of nitrogens with zero attached hydrogens (tertiary/aromatic N) is 1. The second-order valence-corrected chi connectivity index (χ2v) is 5.61. The van der Waals surface area contributed by atoms with E-state index in [2.05, 4.69) is 41.4 Å². The Morgan fingerprint density at radius 1 is 1.37 bits per heavy atom. The summed E-state index contributed by atoms with van der Waals surface area (Å²) in [4.78, 5) is 2.54. The monoisotopic (exact) mass is 260 g/mol. The quantitative estimate of drug-likeness (QED) is 0.897. The number of anilines is 1. The Morgan fingerprint density at radius 2 is 2.26 bits per heavy atom. The van der Waals surface area contributed by atoms with Gasteiger partial charge in [0, 0.05) is 37.3 Å². The molecule has 0 aromatic heterocycles. The minimum absolute atomic E-state index is 0.611. The lowest BCUT2D eigenvalue weighted by atomic mass is 9.95. The number of nitrogens with one attached hydrogen (secondary N) is 1. The first-order valence-corrected chi connectivity index (χ1v) is 7.52. The summed E-state index contributed by atoms with van der Waals surface area (Å²) in [6.45, 7) is 7.33. The lowest BCUT2D eigenvalue weighted by Crippen LogP contribution is -2.47. The fourth-order valence-corrected chi connectivity index (χ4v) is 3.39. The molecule has 2 unspecified atom stereocenters. The Morgan fingerprint density at radius 3 is 3.16 bits per heavy atom. The molecule has 2 heterocycles. The average molecular weight is 260 g/mol. The van der Waals surface area contributed by atoms with E-state index in [1.54, 1.807) is 0 Å². The molecule has 3 nitrogen and oxygen atoms in total. The van der Waals surface area contributed by atoms with Crippen molar-refractivity contribution in [3.05, 3.63) is 29.8 Å². The minimum atomic E-state index is 0.611. The average Bonchev–Trinajstić information content (AvgIpc) is 2.85. The summed E-state index contributed by atoms with van der Waals surface area (Å²) in [5.41, 5.74) is 2.93. The number of hydrogen-bond donors (Lipinski definition) is 1. The fraction of sp³-hybridized carbons (Fsp3) is 0.625. The number of ether oxygens (including phenoxy) is 1. The molecular formula is C16H24N2O. The molecule has 1 fully saturated rings. The molecule has 1 saturated heterocycles. The standard InChI is InChI=1S/C16H24N2O/c1-2-17-15-8-10-19-12-14(15)11-18-9-7-13-5-3-4-6-16(13)18/h3-6,14-15,17H,2,7-12H2,1H3. The highest BCUT2D eigenvalue weighted by Gasteiger charge is 2.29. The van der Waals surface area contributed by atoms with Gasteiger partial charge in [-0.25, -0.2) is 0 Å². The van der Waals surface area contributed by atoms with Crippen LogP contribution in [0.3, 0.4) is 0 Å². The van der Waals surface area contributed by atoms with Crippen molar-refractivity contribution in [1.29, 1.82) is 0 Å². The van der Waals surface area contributed by atoms with Crippen LogP contribution < -0.4 is 10.2 Å². The largest absolute Gasteiger partial charge is 0.381 e. The molecule has 1 N–H and O–H groups in total. The van der Waals surface area contributed by atoms with E-state index in [1.165, 1.54) is 17.7 Å². The number of benzene rings is 1. The van der Waals surface area contributed by atoms with Crippen LogP contribution in [0.4, 0.5) is 5.69 Å². The molecule has 1 aromatic rings. The first-order valence-electron chi connectivity index (χ1n) is 7.52. The number of fused-ring (bicyclic) bond motifs is 1. The highest BCUT2D eigenvalue weighted by Crippen LogP contribution is 2.29. The molecule has 2 aliphatic heterocycles. The van der Waals surface area contributed by atoms with E-state index in [9.17, 15) is 0 Å². The predicted octanol–water partition coefficient (Wildman–Crippen LogP) is 2.06. The molecule has 0 spiro atoms. The molecular weight excluding hydrogens is 236 g/mol. The molecule has 104 valence electrons. The van der Waals surface area contributed by atoms with Crippen LogP contribution in [0, 0.1) is 5.92 Å². The maximum atomic E-state index is 5.69. The van der Waals surface area contributed by atoms with Crippen LogP contribution in [-0.2, 0) is 11.2 Å². The Hall–Kier alpha value is -1.06. The Bertz CT molecular complexity index is 419. The van der Waals surface area contributed by atoms with Gasteiger partial charge in [0.2, 0.25) is 0 Å². The summed E-state index contributed by atoms with van der Waals surface area (Å²) in [6.07, 6.45) is 2.34. The summed E-state index contributed by atoms with van der Waals surface area (Å²) in [6, 6.07) is 9.43. The third-order valence-electron chi connectivity index (χ3n) is 4.38. The summed E-state index contributed by atoms with van der Waals surface area (Å²) < 4.78 is 5.69. The fourth-order valence-electron chi connectivity index (χ4n) is 3.39.